The summed E-state index contributed by atoms with van der Waals surface area (Å²) in [5.41, 5.74) is 1.31. The molecule has 11 heteroatoms. The number of nitrogens with one attached hydrogen (secondary N) is 2. The third kappa shape index (κ3) is 5.09. The minimum Gasteiger partial charge on any atom is -0.404 e. The SMILES string of the molecule is O=C1CC2(CCN(C(=O)NCc3ccc(OP(=O)(O)O)cc3)CC2)Nc2ccc(F)cc21. The topological polar surface area (TPSA) is 128 Å². The maximum absolute atomic E-state index is 13.5. The Morgan fingerprint density at radius 1 is 1.19 bits per heavy atom. The van der Waals surface area contributed by atoms with E-state index >= 15 is 0 Å². The number of carbonyl (C=O) groups excluding carboxylic acids is 2. The molecular formula is C21H23FN3O6P. The predicted octanol–water partition coefficient (Wildman–Crippen LogP) is 3.04. The van der Waals surface area contributed by atoms with Gasteiger partial charge >= 0.3 is 13.9 Å². The van der Waals surface area contributed by atoms with E-state index in [4.69, 9.17) is 9.79 Å². The highest BCUT2D eigenvalue weighted by molar-refractivity contribution is 7.46. The second-order valence-corrected chi connectivity index (χ2v) is 9.23. The van der Waals surface area contributed by atoms with Crippen molar-refractivity contribution < 1.29 is 32.9 Å². The fourth-order valence-corrected chi connectivity index (χ4v) is 4.52. The van der Waals surface area contributed by atoms with E-state index in [9.17, 15) is 18.5 Å². The zero-order valence-electron chi connectivity index (χ0n) is 17.1. The van der Waals surface area contributed by atoms with E-state index in [2.05, 4.69) is 15.2 Å². The summed E-state index contributed by atoms with van der Waals surface area (Å²) in [7, 11) is -4.61. The maximum Gasteiger partial charge on any atom is 0.524 e. The van der Waals surface area contributed by atoms with Crippen molar-refractivity contribution in [3.8, 4) is 5.75 Å². The van der Waals surface area contributed by atoms with Crippen LogP contribution in [0.15, 0.2) is 42.5 Å². The number of Topliss-reactive ketones (excluding diaryl/α,β-unsaturated/α-hetero) is 1. The van der Waals surface area contributed by atoms with Gasteiger partial charge in [0.1, 0.15) is 11.6 Å². The van der Waals surface area contributed by atoms with Crippen LogP contribution >= 0.6 is 7.82 Å². The fraction of sp³-hybridized carbons (Fsp3) is 0.333. The molecule has 170 valence electrons. The van der Waals surface area contributed by atoms with Crippen molar-refractivity contribution in [3.05, 3.63) is 59.4 Å². The first-order valence-corrected chi connectivity index (χ1v) is 11.6. The molecule has 2 aliphatic rings. The lowest BCUT2D eigenvalue weighted by Crippen LogP contribution is -2.55. The van der Waals surface area contributed by atoms with Gasteiger partial charge in [-0.3, -0.25) is 14.6 Å². The van der Waals surface area contributed by atoms with E-state index in [1.165, 1.54) is 24.3 Å². The number of phosphoric acid groups is 1. The summed E-state index contributed by atoms with van der Waals surface area (Å²) in [6.45, 7) is 1.18. The molecule has 0 aromatic heterocycles. The first kappa shape index (κ1) is 22.3. The summed E-state index contributed by atoms with van der Waals surface area (Å²) in [5, 5.41) is 6.22. The number of anilines is 1. The Hall–Kier alpha value is -2.94. The fourth-order valence-electron chi connectivity index (χ4n) is 4.12. The number of hydrogen-bond donors (Lipinski definition) is 4. The summed E-state index contributed by atoms with van der Waals surface area (Å²) >= 11 is 0. The summed E-state index contributed by atoms with van der Waals surface area (Å²) in [6.07, 6.45) is 1.46. The Kier molecular flexibility index (Phi) is 5.94. The Bertz CT molecular complexity index is 1080. The van der Waals surface area contributed by atoms with Crippen LogP contribution in [0, 0.1) is 5.82 Å². The van der Waals surface area contributed by atoms with Gasteiger partial charge in [-0.25, -0.2) is 13.8 Å². The summed E-state index contributed by atoms with van der Waals surface area (Å²) in [6, 6.07) is 9.97. The van der Waals surface area contributed by atoms with Crippen molar-refractivity contribution in [2.75, 3.05) is 18.4 Å². The highest BCUT2D eigenvalue weighted by Crippen LogP contribution is 2.38. The van der Waals surface area contributed by atoms with Crippen molar-refractivity contribution in [2.45, 2.75) is 31.3 Å². The van der Waals surface area contributed by atoms with Gasteiger partial charge in [0.25, 0.3) is 0 Å². The lowest BCUT2D eigenvalue weighted by Gasteiger charge is -2.45. The zero-order valence-corrected chi connectivity index (χ0v) is 18.0. The van der Waals surface area contributed by atoms with Gasteiger partial charge in [0.05, 0.1) is 0 Å². The number of rotatable bonds is 4. The van der Waals surface area contributed by atoms with E-state index in [-0.39, 0.29) is 30.5 Å². The highest BCUT2D eigenvalue weighted by Gasteiger charge is 2.41. The Labute approximate surface area is 183 Å². The third-order valence-corrected chi connectivity index (χ3v) is 6.23. The van der Waals surface area contributed by atoms with Crippen LogP contribution in [-0.4, -0.2) is 45.1 Å². The van der Waals surface area contributed by atoms with Crippen molar-refractivity contribution >= 4 is 25.3 Å². The van der Waals surface area contributed by atoms with Gasteiger partial charge in [0.2, 0.25) is 0 Å². The molecule has 0 radical (unpaired) electrons. The molecule has 0 aliphatic carbocycles. The standard InChI is InChI=1S/C21H23FN3O6P/c22-15-3-6-18-17(11-15)19(26)12-21(24-18)7-9-25(10-8-21)20(27)23-13-14-1-4-16(5-2-14)31-32(28,29)30/h1-6,11,24H,7-10,12-13H2,(H,23,27)(H2,28,29,30). The van der Waals surface area contributed by atoms with E-state index in [0.29, 0.717) is 37.2 Å². The number of hydrogen-bond acceptors (Lipinski definition) is 5. The van der Waals surface area contributed by atoms with E-state index in [1.807, 2.05) is 0 Å². The molecule has 4 N–H and O–H groups in total. The van der Waals surface area contributed by atoms with Crippen molar-refractivity contribution in [2.24, 2.45) is 0 Å². The second-order valence-electron chi connectivity index (χ2n) is 8.07. The average Bonchev–Trinajstić information content (AvgIpc) is 2.73. The Morgan fingerprint density at radius 3 is 2.53 bits per heavy atom. The Balaban J connectivity index is 1.30. The van der Waals surface area contributed by atoms with Crippen LogP contribution < -0.4 is 15.2 Å². The Morgan fingerprint density at radius 2 is 1.88 bits per heavy atom. The number of fused-ring (bicyclic) bond motifs is 1. The normalized spacial score (nSPS) is 17.5. The van der Waals surface area contributed by atoms with Crippen LogP contribution in [0.2, 0.25) is 0 Å². The van der Waals surface area contributed by atoms with Crippen molar-refractivity contribution in [1.29, 1.82) is 0 Å². The molecule has 1 spiro atoms. The average molecular weight is 463 g/mol. The van der Waals surface area contributed by atoms with Gasteiger partial charge in [-0.1, -0.05) is 12.1 Å². The van der Waals surface area contributed by atoms with Crippen LogP contribution in [0.1, 0.15) is 35.2 Å². The number of phosphoric ester groups is 1. The van der Waals surface area contributed by atoms with E-state index in [1.54, 1.807) is 23.1 Å². The molecular weight excluding hydrogens is 440 g/mol. The van der Waals surface area contributed by atoms with Crippen LogP contribution in [0.3, 0.4) is 0 Å². The van der Waals surface area contributed by atoms with Crippen LogP contribution in [0.25, 0.3) is 0 Å². The largest absolute Gasteiger partial charge is 0.524 e. The molecule has 0 atom stereocenters. The van der Waals surface area contributed by atoms with Gasteiger partial charge in [-0.15, -0.1) is 0 Å². The van der Waals surface area contributed by atoms with E-state index in [0.717, 1.165) is 5.56 Å². The first-order chi connectivity index (χ1) is 15.1. The smallest absolute Gasteiger partial charge is 0.404 e. The van der Waals surface area contributed by atoms with Gasteiger partial charge in [0.15, 0.2) is 5.78 Å². The molecule has 2 heterocycles. The van der Waals surface area contributed by atoms with Crippen LogP contribution in [-0.2, 0) is 11.1 Å². The van der Waals surface area contributed by atoms with Crippen molar-refractivity contribution in [1.82, 2.24) is 10.2 Å². The molecule has 9 nitrogen and oxygen atoms in total. The first-order valence-electron chi connectivity index (χ1n) is 10.1. The number of likely N-dealkylation sites (tertiary alicyclic amines) is 1. The molecule has 2 aromatic rings. The highest BCUT2D eigenvalue weighted by atomic mass is 31.2. The number of ketones is 1. The summed E-state index contributed by atoms with van der Waals surface area (Å²) in [4.78, 5) is 44.4. The monoisotopic (exact) mass is 463 g/mol. The van der Waals surface area contributed by atoms with Crippen molar-refractivity contribution in [3.63, 3.8) is 0 Å². The molecule has 0 unspecified atom stereocenters. The molecule has 0 bridgehead atoms. The molecule has 2 aliphatic heterocycles. The maximum atomic E-state index is 13.5. The minimum absolute atomic E-state index is 0.0357. The minimum atomic E-state index is -4.61. The number of carbonyl (C=O) groups is 2. The zero-order chi connectivity index (χ0) is 22.9. The molecule has 2 aromatic carbocycles. The lowest BCUT2D eigenvalue weighted by atomic mass is 9.78. The van der Waals surface area contributed by atoms with Gasteiger partial charge in [-0.05, 0) is 48.7 Å². The number of piperidine rings is 1. The molecule has 1 fully saturated rings. The molecule has 2 amide bonds. The van der Waals surface area contributed by atoms with Gasteiger partial charge in [0, 0.05) is 42.8 Å². The predicted molar refractivity (Wildman–Crippen MR) is 114 cm³/mol. The number of urea groups is 1. The molecule has 0 saturated carbocycles. The van der Waals surface area contributed by atoms with Crippen LogP contribution in [0.4, 0.5) is 14.9 Å². The summed E-state index contributed by atoms with van der Waals surface area (Å²) < 4.78 is 28.8. The quantitative estimate of drug-likeness (QED) is 0.513. The number of amides is 2. The van der Waals surface area contributed by atoms with E-state index < -0.39 is 19.2 Å². The van der Waals surface area contributed by atoms with Gasteiger partial charge < -0.3 is 20.1 Å². The number of halogens is 1. The summed E-state index contributed by atoms with van der Waals surface area (Å²) in [5.74, 6) is -0.499. The molecule has 4 rings (SSSR count). The van der Waals surface area contributed by atoms with Crippen LogP contribution in [0.5, 0.6) is 5.75 Å². The second kappa shape index (κ2) is 8.54. The number of nitrogens with zero attached hydrogens (tertiary/aromatic N) is 1. The molecule has 1 saturated heterocycles. The van der Waals surface area contributed by atoms with Gasteiger partial charge in [-0.2, -0.15) is 0 Å². The lowest BCUT2D eigenvalue weighted by molar-refractivity contribution is 0.0915. The molecule has 32 heavy (non-hydrogen) atoms. The third-order valence-electron chi connectivity index (χ3n) is 5.78. The number of benzene rings is 2.